The summed E-state index contributed by atoms with van der Waals surface area (Å²) >= 11 is 0. The SMILES string of the molecule is COCC(O)CN(C)CCc1nc2ccccc2c(=O)[nH]1. The molecular formula is C15H21N3O3. The maximum absolute atomic E-state index is 11.9. The monoisotopic (exact) mass is 291 g/mol. The van der Waals surface area contributed by atoms with E-state index in [1.807, 2.05) is 30.1 Å². The van der Waals surface area contributed by atoms with Gasteiger partial charge in [0.15, 0.2) is 0 Å². The molecule has 0 amide bonds. The Hall–Kier alpha value is -1.76. The first-order valence-corrected chi connectivity index (χ1v) is 6.93. The van der Waals surface area contributed by atoms with Crippen LogP contribution in [0.15, 0.2) is 29.1 Å². The van der Waals surface area contributed by atoms with Crippen LogP contribution >= 0.6 is 0 Å². The molecule has 0 radical (unpaired) electrons. The summed E-state index contributed by atoms with van der Waals surface area (Å²) in [5.74, 6) is 0.659. The summed E-state index contributed by atoms with van der Waals surface area (Å²) in [6.45, 7) is 1.53. The summed E-state index contributed by atoms with van der Waals surface area (Å²) in [7, 11) is 3.48. The van der Waals surface area contributed by atoms with Crippen LogP contribution in [0, 0.1) is 0 Å². The Morgan fingerprint density at radius 3 is 2.95 bits per heavy atom. The number of benzene rings is 1. The maximum atomic E-state index is 11.9. The average Bonchev–Trinajstić information content (AvgIpc) is 2.45. The maximum Gasteiger partial charge on any atom is 0.258 e. The van der Waals surface area contributed by atoms with E-state index >= 15 is 0 Å². The Kier molecular flexibility index (Phi) is 5.44. The van der Waals surface area contributed by atoms with Crippen LogP contribution in [-0.2, 0) is 11.2 Å². The standard InChI is InChI=1S/C15H21N3O3/c1-18(9-11(19)10-21-2)8-7-14-16-13-6-4-3-5-12(13)15(20)17-14/h3-6,11,19H,7-10H2,1-2H3,(H,16,17,20). The zero-order chi connectivity index (χ0) is 15.2. The Bertz CT molecular complexity index is 641. The second kappa shape index (κ2) is 7.31. The molecule has 21 heavy (non-hydrogen) atoms. The number of aliphatic hydroxyl groups excluding tert-OH is 1. The Labute approximate surface area is 123 Å². The molecule has 1 heterocycles. The van der Waals surface area contributed by atoms with E-state index in [-0.39, 0.29) is 5.56 Å². The summed E-state index contributed by atoms with van der Waals surface area (Å²) < 4.78 is 4.89. The van der Waals surface area contributed by atoms with E-state index in [0.29, 0.717) is 42.8 Å². The quantitative estimate of drug-likeness (QED) is 0.772. The van der Waals surface area contributed by atoms with Crippen molar-refractivity contribution >= 4 is 10.9 Å². The van der Waals surface area contributed by atoms with Crippen LogP contribution in [0.5, 0.6) is 0 Å². The van der Waals surface area contributed by atoms with Gasteiger partial charge < -0.3 is 19.7 Å². The predicted octanol–water partition coefficient (Wildman–Crippen LogP) is 0.405. The van der Waals surface area contributed by atoms with Gasteiger partial charge in [-0.05, 0) is 19.2 Å². The van der Waals surface area contributed by atoms with Gasteiger partial charge >= 0.3 is 0 Å². The molecule has 1 unspecified atom stereocenters. The first-order valence-electron chi connectivity index (χ1n) is 6.93. The molecule has 0 bridgehead atoms. The van der Waals surface area contributed by atoms with Crippen molar-refractivity contribution in [2.45, 2.75) is 12.5 Å². The highest BCUT2D eigenvalue weighted by molar-refractivity contribution is 5.77. The van der Waals surface area contributed by atoms with Crippen LogP contribution in [-0.4, -0.2) is 59.9 Å². The lowest BCUT2D eigenvalue weighted by atomic mass is 10.2. The number of methoxy groups -OCH3 is 1. The zero-order valence-electron chi connectivity index (χ0n) is 12.4. The highest BCUT2D eigenvalue weighted by Gasteiger charge is 2.09. The molecule has 0 aliphatic rings. The molecule has 6 nitrogen and oxygen atoms in total. The van der Waals surface area contributed by atoms with Crippen molar-refractivity contribution in [2.24, 2.45) is 0 Å². The lowest BCUT2D eigenvalue weighted by Gasteiger charge is -2.19. The molecule has 0 aliphatic heterocycles. The van der Waals surface area contributed by atoms with Crippen molar-refractivity contribution in [3.05, 3.63) is 40.4 Å². The number of aromatic nitrogens is 2. The molecule has 0 aliphatic carbocycles. The Balaban J connectivity index is 1.99. The molecule has 2 N–H and O–H groups in total. The van der Waals surface area contributed by atoms with E-state index in [9.17, 15) is 9.90 Å². The number of nitrogens with zero attached hydrogens (tertiary/aromatic N) is 2. The number of rotatable bonds is 7. The average molecular weight is 291 g/mol. The fourth-order valence-corrected chi connectivity index (χ4v) is 2.25. The van der Waals surface area contributed by atoms with E-state index in [0.717, 1.165) is 0 Å². The minimum Gasteiger partial charge on any atom is -0.389 e. The molecule has 2 rings (SSSR count). The lowest BCUT2D eigenvalue weighted by Crippen LogP contribution is -2.33. The number of hydrogen-bond donors (Lipinski definition) is 2. The van der Waals surface area contributed by atoms with Crippen molar-refractivity contribution in [1.29, 1.82) is 0 Å². The van der Waals surface area contributed by atoms with E-state index < -0.39 is 6.10 Å². The molecule has 1 aromatic heterocycles. The number of aromatic amines is 1. The number of H-pyrrole nitrogens is 1. The zero-order valence-corrected chi connectivity index (χ0v) is 12.4. The van der Waals surface area contributed by atoms with E-state index in [4.69, 9.17) is 4.74 Å². The van der Waals surface area contributed by atoms with Crippen LogP contribution < -0.4 is 5.56 Å². The second-order valence-corrected chi connectivity index (χ2v) is 5.15. The molecular weight excluding hydrogens is 270 g/mol. The van der Waals surface area contributed by atoms with Gasteiger partial charge in [-0.2, -0.15) is 0 Å². The number of hydrogen-bond acceptors (Lipinski definition) is 5. The molecule has 0 saturated heterocycles. The van der Waals surface area contributed by atoms with Gasteiger partial charge in [0.25, 0.3) is 5.56 Å². The second-order valence-electron chi connectivity index (χ2n) is 5.15. The lowest BCUT2D eigenvalue weighted by molar-refractivity contribution is 0.0434. The third kappa shape index (κ3) is 4.35. The number of para-hydroxylation sites is 1. The Morgan fingerprint density at radius 2 is 2.19 bits per heavy atom. The molecule has 0 spiro atoms. The van der Waals surface area contributed by atoms with Gasteiger partial charge in [0.2, 0.25) is 0 Å². The number of aliphatic hydroxyl groups is 1. The molecule has 1 aromatic carbocycles. The van der Waals surface area contributed by atoms with Crippen LogP contribution in [0.25, 0.3) is 10.9 Å². The number of fused-ring (bicyclic) bond motifs is 1. The van der Waals surface area contributed by atoms with Crippen LogP contribution in [0.4, 0.5) is 0 Å². The van der Waals surface area contributed by atoms with Gasteiger partial charge in [-0.25, -0.2) is 4.98 Å². The number of ether oxygens (including phenoxy) is 1. The van der Waals surface area contributed by atoms with E-state index in [1.165, 1.54) is 0 Å². The van der Waals surface area contributed by atoms with E-state index in [1.54, 1.807) is 13.2 Å². The number of likely N-dealkylation sites (N-methyl/N-ethyl adjacent to an activating group) is 1. The Morgan fingerprint density at radius 1 is 1.43 bits per heavy atom. The van der Waals surface area contributed by atoms with Gasteiger partial charge in [0.1, 0.15) is 5.82 Å². The third-order valence-electron chi connectivity index (χ3n) is 3.27. The largest absolute Gasteiger partial charge is 0.389 e. The minimum atomic E-state index is -0.511. The van der Waals surface area contributed by atoms with Crippen molar-refractivity contribution in [1.82, 2.24) is 14.9 Å². The normalized spacial score (nSPS) is 13.0. The highest BCUT2D eigenvalue weighted by atomic mass is 16.5. The molecule has 0 saturated carbocycles. The molecule has 6 heteroatoms. The summed E-state index contributed by atoms with van der Waals surface area (Å²) in [4.78, 5) is 21.2. The first kappa shape index (κ1) is 15.6. The van der Waals surface area contributed by atoms with Crippen LogP contribution in [0.1, 0.15) is 5.82 Å². The van der Waals surface area contributed by atoms with Crippen molar-refractivity contribution in [3.8, 4) is 0 Å². The molecule has 1 atom stereocenters. The predicted molar refractivity (Wildman–Crippen MR) is 81.4 cm³/mol. The fraction of sp³-hybridized carbons (Fsp3) is 0.467. The first-order chi connectivity index (χ1) is 10.1. The smallest absolute Gasteiger partial charge is 0.258 e. The fourth-order valence-electron chi connectivity index (χ4n) is 2.25. The van der Waals surface area contributed by atoms with Gasteiger partial charge in [0, 0.05) is 26.6 Å². The molecule has 2 aromatic rings. The third-order valence-corrected chi connectivity index (χ3v) is 3.27. The summed E-state index contributed by atoms with van der Waals surface area (Å²) in [5.41, 5.74) is 0.594. The highest BCUT2D eigenvalue weighted by Crippen LogP contribution is 2.06. The van der Waals surface area contributed by atoms with Crippen molar-refractivity contribution in [2.75, 3.05) is 33.9 Å². The van der Waals surface area contributed by atoms with Gasteiger partial charge in [-0.1, -0.05) is 12.1 Å². The van der Waals surface area contributed by atoms with Crippen molar-refractivity contribution < 1.29 is 9.84 Å². The van der Waals surface area contributed by atoms with Crippen molar-refractivity contribution in [3.63, 3.8) is 0 Å². The number of nitrogens with one attached hydrogen (secondary N) is 1. The van der Waals surface area contributed by atoms with Crippen LogP contribution in [0.3, 0.4) is 0 Å². The topological polar surface area (TPSA) is 78.5 Å². The van der Waals surface area contributed by atoms with Crippen LogP contribution in [0.2, 0.25) is 0 Å². The minimum absolute atomic E-state index is 0.113. The van der Waals surface area contributed by atoms with Gasteiger partial charge in [-0.15, -0.1) is 0 Å². The summed E-state index contributed by atoms with van der Waals surface area (Å²) in [6.07, 6.45) is 0.111. The van der Waals surface area contributed by atoms with Gasteiger partial charge in [-0.3, -0.25) is 4.79 Å². The van der Waals surface area contributed by atoms with E-state index in [2.05, 4.69) is 9.97 Å². The molecule has 114 valence electrons. The summed E-state index contributed by atoms with van der Waals surface area (Å²) in [6, 6.07) is 7.29. The van der Waals surface area contributed by atoms with Gasteiger partial charge in [0.05, 0.1) is 23.6 Å². The summed E-state index contributed by atoms with van der Waals surface area (Å²) in [5, 5.41) is 10.3. The molecule has 0 fully saturated rings.